The van der Waals surface area contributed by atoms with Gasteiger partial charge in [-0.15, -0.1) is 0 Å². The number of anilines is 1. The molecule has 0 bridgehead atoms. The minimum Gasteiger partial charge on any atom is -0.477 e. The summed E-state index contributed by atoms with van der Waals surface area (Å²) in [7, 11) is 0. The quantitative estimate of drug-likeness (QED) is 0.903. The Hall–Kier alpha value is -1.78. The van der Waals surface area contributed by atoms with E-state index >= 15 is 0 Å². The van der Waals surface area contributed by atoms with Gasteiger partial charge in [0.2, 0.25) is 11.8 Å². The highest BCUT2D eigenvalue weighted by Crippen LogP contribution is 2.34. The van der Waals surface area contributed by atoms with E-state index in [1.54, 1.807) is 0 Å². The van der Waals surface area contributed by atoms with Crippen LogP contribution in [0.15, 0.2) is 12.3 Å². The second-order valence-electron chi connectivity index (χ2n) is 4.72. The van der Waals surface area contributed by atoms with E-state index in [0.717, 1.165) is 11.0 Å². The number of fused-ring (bicyclic) bond motifs is 1. The molecule has 1 aliphatic rings. The monoisotopic (exact) mass is 246 g/mol. The Morgan fingerprint density at radius 3 is 2.89 bits per heavy atom. The van der Waals surface area contributed by atoms with E-state index in [1.165, 1.54) is 25.7 Å². The van der Waals surface area contributed by atoms with Crippen molar-refractivity contribution in [1.29, 1.82) is 0 Å². The summed E-state index contributed by atoms with van der Waals surface area (Å²) < 4.78 is 7.76. The zero-order chi connectivity index (χ0) is 12.5. The predicted octanol–water partition coefficient (Wildman–Crippen LogP) is 2.53. The summed E-state index contributed by atoms with van der Waals surface area (Å²) in [5.41, 5.74) is 6.67. The Balaban J connectivity index is 2.11. The average molecular weight is 246 g/mol. The molecule has 5 nitrogen and oxygen atoms in total. The first-order valence-electron chi connectivity index (χ1n) is 6.56. The number of hydrogen-bond donors (Lipinski definition) is 1. The number of nitrogen functional groups attached to an aromatic ring is 1. The second kappa shape index (κ2) is 4.48. The summed E-state index contributed by atoms with van der Waals surface area (Å²) in [4.78, 5) is 8.53. The number of nitrogens with zero attached hydrogens (tertiary/aromatic N) is 3. The molecule has 18 heavy (non-hydrogen) atoms. The lowest BCUT2D eigenvalue weighted by Crippen LogP contribution is -2.06. The summed E-state index contributed by atoms with van der Waals surface area (Å²) in [6, 6.07) is 2.57. The van der Waals surface area contributed by atoms with Crippen LogP contribution in [0.4, 0.5) is 5.95 Å². The summed E-state index contributed by atoms with van der Waals surface area (Å²) in [6.45, 7) is 2.53. The van der Waals surface area contributed by atoms with Gasteiger partial charge in [0.25, 0.3) is 0 Å². The zero-order valence-electron chi connectivity index (χ0n) is 10.6. The number of ether oxygens (including phenoxy) is 1. The van der Waals surface area contributed by atoms with Crippen molar-refractivity contribution in [3.8, 4) is 5.88 Å². The molecule has 0 radical (unpaired) electrons. The van der Waals surface area contributed by atoms with Crippen LogP contribution in [0, 0.1) is 0 Å². The fraction of sp³-hybridized carbons (Fsp3) is 0.538. The third kappa shape index (κ3) is 1.79. The van der Waals surface area contributed by atoms with E-state index in [2.05, 4.69) is 20.7 Å². The van der Waals surface area contributed by atoms with Crippen molar-refractivity contribution in [2.24, 2.45) is 0 Å². The van der Waals surface area contributed by atoms with Crippen LogP contribution in [0.1, 0.15) is 38.6 Å². The molecule has 1 aliphatic carbocycles. The van der Waals surface area contributed by atoms with Gasteiger partial charge < -0.3 is 15.0 Å². The van der Waals surface area contributed by atoms with Gasteiger partial charge in [-0.2, -0.15) is 9.97 Å². The van der Waals surface area contributed by atoms with Crippen molar-refractivity contribution < 1.29 is 4.74 Å². The van der Waals surface area contributed by atoms with Crippen LogP contribution in [0.3, 0.4) is 0 Å². The molecule has 0 spiro atoms. The predicted molar refractivity (Wildman–Crippen MR) is 70.6 cm³/mol. The molecule has 1 fully saturated rings. The normalized spacial score (nSPS) is 16.5. The van der Waals surface area contributed by atoms with Gasteiger partial charge >= 0.3 is 0 Å². The van der Waals surface area contributed by atoms with E-state index in [4.69, 9.17) is 10.5 Å². The Labute approximate surface area is 106 Å². The molecule has 0 unspecified atom stereocenters. The largest absolute Gasteiger partial charge is 0.477 e. The molecule has 5 heteroatoms. The molecule has 96 valence electrons. The fourth-order valence-electron chi connectivity index (χ4n) is 2.75. The van der Waals surface area contributed by atoms with Gasteiger partial charge in [-0.25, -0.2) is 0 Å². The maximum atomic E-state index is 5.77. The van der Waals surface area contributed by atoms with Gasteiger partial charge in [0.05, 0.1) is 12.0 Å². The van der Waals surface area contributed by atoms with Gasteiger partial charge in [-0.3, -0.25) is 0 Å². The van der Waals surface area contributed by atoms with E-state index in [1.807, 2.05) is 13.0 Å². The van der Waals surface area contributed by atoms with Gasteiger partial charge in [0.1, 0.15) is 5.65 Å². The van der Waals surface area contributed by atoms with Crippen LogP contribution in [-0.4, -0.2) is 21.1 Å². The first-order valence-corrected chi connectivity index (χ1v) is 6.56. The fourth-order valence-corrected chi connectivity index (χ4v) is 2.75. The highest BCUT2D eigenvalue weighted by Gasteiger charge is 2.20. The molecule has 3 rings (SSSR count). The van der Waals surface area contributed by atoms with Crippen LogP contribution in [-0.2, 0) is 0 Å². The van der Waals surface area contributed by atoms with Crippen molar-refractivity contribution in [1.82, 2.24) is 14.5 Å². The third-order valence-corrected chi connectivity index (χ3v) is 3.55. The van der Waals surface area contributed by atoms with Crippen molar-refractivity contribution in [3.05, 3.63) is 12.3 Å². The van der Waals surface area contributed by atoms with Crippen molar-refractivity contribution in [3.63, 3.8) is 0 Å². The first kappa shape index (κ1) is 11.3. The molecule has 0 saturated heterocycles. The molecule has 0 aliphatic heterocycles. The molecular formula is C13H18N4O. The topological polar surface area (TPSA) is 66.0 Å². The average Bonchev–Trinajstić information content (AvgIpc) is 2.96. The van der Waals surface area contributed by atoms with Crippen LogP contribution in [0.2, 0.25) is 0 Å². The van der Waals surface area contributed by atoms with Crippen molar-refractivity contribution >= 4 is 17.0 Å². The molecule has 0 amide bonds. The van der Waals surface area contributed by atoms with E-state index in [9.17, 15) is 0 Å². The zero-order valence-corrected chi connectivity index (χ0v) is 10.6. The molecule has 1 saturated carbocycles. The van der Waals surface area contributed by atoms with Gasteiger partial charge in [0, 0.05) is 12.2 Å². The Bertz CT molecular complexity index is 557. The second-order valence-corrected chi connectivity index (χ2v) is 4.72. The van der Waals surface area contributed by atoms with Gasteiger partial charge in [0.15, 0.2) is 0 Å². The standard InChI is InChI=1S/C13H18N4O/c1-2-18-12-10-7-8-17(9-5-3-4-6-9)11(10)15-13(14)16-12/h7-9H,2-6H2,1H3,(H2,14,15,16). The Morgan fingerprint density at radius 1 is 1.39 bits per heavy atom. The van der Waals surface area contributed by atoms with Crippen LogP contribution in [0.25, 0.3) is 11.0 Å². The first-order chi connectivity index (χ1) is 8.79. The maximum absolute atomic E-state index is 5.77. The third-order valence-electron chi connectivity index (χ3n) is 3.55. The van der Waals surface area contributed by atoms with Gasteiger partial charge in [-0.05, 0) is 25.8 Å². The molecule has 2 heterocycles. The molecule has 2 aromatic heterocycles. The smallest absolute Gasteiger partial charge is 0.227 e. The highest BCUT2D eigenvalue weighted by atomic mass is 16.5. The molecule has 2 N–H and O–H groups in total. The summed E-state index contributed by atoms with van der Waals surface area (Å²) >= 11 is 0. The van der Waals surface area contributed by atoms with E-state index in [0.29, 0.717) is 18.5 Å². The number of hydrogen-bond acceptors (Lipinski definition) is 4. The van der Waals surface area contributed by atoms with E-state index < -0.39 is 0 Å². The molecule has 0 aromatic carbocycles. The SMILES string of the molecule is CCOc1nc(N)nc2c1ccn2C1CCCC1. The lowest BCUT2D eigenvalue weighted by Gasteiger charge is -2.13. The van der Waals surface area contributed by atoms with Crippen LogP contribution < -0.4 is 10.5 Å². The lowest BCUT2D eigenvalue weighted by molar-refractivity contribution is 0.331. The van der Waals surface area contributed by atoms with Crippen molar-refractivity contribution in [2.75, 3.05) is 12.3 Å². The summed E-state index contributed by atoms with van der Waals surface area (Å²) in [5.74, 6) is 0.876. The highest BCUT2D eigenvalue weighted by molar-refractivity contribution is 5.82. The summed E-state index contributed by atoms with van der Waals surface area (Å²) in [6.07, 6.45) is 7.11. The summed E-state index contributed by atoms with van der Waals surface area (Å²) in [5, 5.41) is 0.956. The minimum atomic E-state index is 0.281. The van der Waals surface area contributed by atoms with Crippen LogP contribution >= 0.6 is 0 Å². The lowest BCUT2D eigenvalue weighted by atomic mass is 10.2. The van der Waals surface area contributed by atoms with Gasteiger partial charge in [-0.1, -0.05) is 12.8 Å². The molecule has 2 aromatic rings. The van der Waals surface area contributed by atoms with Crippen molar-refractivity contribution in [2.45, 2.75) is 38.6 Å². The number of rotatable bonds is 3. The Morgan fingerprint density at radius 2 is 2.17 bits per heavy atom. The molecule has 0 atom stereocenters. The Kier molecular flexibility index (Phi) is 2.81. The van der Waals surface area contributed by atoms with Crippen LogP contribution in [0.5, 0.6) is 5.88 Å². The number of aromatic nitrogens is 3. The van der Waals surface area contributed by atoms with E-state index in [-0.39, 0.29) is 5.95 Å². The maximum Gasteiger partial charge on any atom is 0.227 e. The minimum absolute atomic E-state index is 0.281. The number of nitrogens with two attached hydrogens (primary N) is 1. The molecular weight excluding hydrogens is 228 g/mol.